The quantitative estimate of drug-likeness (QED) is 0.761. The normalized spacial score (nSPS) is 28.3. The lowest BCUT2D eigenvalue weighted by molar-refractivity contribution is 0.171. The fourth-order valence-electron chi connectivity index (χ4n) is 3.45. The predicted octanol–water partition coefficient (Wildman–Crippen LogP) is 5.45. The monoisotopic (exact) mass is 293 g/mol. The van der Waals surface area contributed by atoms with E-state index in [4.69, 9.17) is 11.6 Å². The van der Waals surface area contributed by atoms with Crippen molar-refractivity contribution >= 4 is 11.6 Å². The van der Waals surface area contributed by atoms with Gasteiger partial charge in [0.15, 0.2) is 0 Å². The van der Waals surface area contributed by atoms with Crippen LogP contribution in [0.4, 0.5) is 0 Å². The summed E-state index contributed by atoms with van der Waals surface area (Å²) in [4.78, 5) is 0. The predicted molar refractivity (Wildman–Crippen MR) is 88.2 cm³/mol. The molecule has 0 aliphatic heterocycles. The minimum Gasteiger partial charge on any atom is -0.310 e. The van der Waals surface area contributed by atoms with E-state index in [-0.39, 0.29) is 0 Å². The molecule has 0 spiro atoms. The standard InChI is InChI=1S/C18H28ClN/c1-4-11-20-18(16-7-5-6-8-17(16)19)15-10-9-13(2)14(3)12-15/h5-8,13-15,18,20H,4,9-12H2,1-3H3. The Bertz CT molecular complexity index is 418. The van der Waals surface area contributed by atoms with Gasteiger partial charge in [0, 0.05) is 11.1 Å². The average Bonchev–Trinajstić information content (AvgIpc) is 2.44. The van der Waals surface area contributed by atoms with Gasteiger partial charge in [-0.05, 0) is 55.2 Å². The van der Waals surface area contributed by atoms with Gasteiger partial charge in [-0.3, -0.25) is 0 Å². The van der Waals surface area contributed by atoms with Gasteiger partial charge in [-0.25, -0.2) is 0 Å². The van der Waals surface area contributed by atoms with Crippen molar-refractivity contribution in [1.82, 2.24) is 5.32 Å². The molecule has 1 fully saturated rings. The molecule has 4 unspecified atom stereocenters. The zero-order valence-corrected chi connectivity index (χ0v) is 13.8. The largest absolute Gasteiger partial charge is 0.310 e. The van der Waals surface area contributed by atoms with Crippen molar-refractivity contribution in [3.63, 3.8) is 0 Å². The minimum atomic E-state index is 0.415. The van der Waals surface area contributed by atoms with Gasteiger partial charge in [-0.2, -0.15) is 0 Å². The Morgan fingerprint density at radius 3 is 2.60 bits per heavy atom. The molecule has 1 N–H and O–H groups in total. The van der Waals surface area contributed by atoms with Crippen molar-refractivity contribution in [3.8, 4) is 0 Å². The lowest BCUT2D eigenvalue weighted by Gasteiger charge is -2.37. The van der Waals surface area contributed by atoms with Crippen LogP contribution in [0.5, 0.6) is 0 Å². The van der Waals surface area contributed by atoms with Crippen LogP contribution in [0.2, 0.25) is 5.02 Å². The molecule has 20 heavy (non-hydrogen) atoms. The van der Waals surface area contributed by atoms with E-state index in [1.54, 1.807) is 0 Å². The van der Waals surface area contributed by atoms with Crippen molar-refractivity contribution < 1.29 is 0 Å². The summed E-state index contributed by atoms with van der Waals surface area (Å²) in [5.41, 5.74) is 1.29. The molecule has 1 saturated carbocycles. The molecular weight excluding hydrogens is 266 g/mol. The topological polar surface area (TPSA) is 12.0 Å². The van der Waals surface area contributed by atoms with Crippen LogP contribution in [-0.2, 0) is 0 Å². The second kappa shape index (κ2) is 7.47. The Morgan fingerprint density at radius 2 is 1.95 bits per heavy atom. The molecule has 0 saturated heterocycles. The number of nitrogens with one attached hydrogen (secondary N) is 1. The molecule has 0 heterocycles. The molecule has 0 bridgehead atoms. The molecule has 0 aromatic heterocycles. The number of rotatable bonds is 5. The number of hydrogen-bond donors (Lipinski definition) is 1. The molecule has 112 valence electrons. The summed E-state index contributed by atoms with van der Waals surface area (Å²) in [6.45, 7) is 8.09. The van der Waals surface area contributed by atoms with Crippen LogP contribution in [0.25, 0.3) is 0 Å². The van der Waals surface area contributed by atoms with Crippen LogP contribution in [0.15, 0.2) is 24.3 Å². The maximum atomic E-state index is 6.44. The fraction of sp³-hybridized carbons (Fsp3) is 0.667. The fourth-order valence-corrected chi connectivity index (χ4v) is 3.70. The highest BCUT2D eigenvalue weighted by atomic mass is 35.5. The summed E-state index contributed by atoms with van der Waals surface area (Å²) in [5, 5.41) is 4.66. The number of hydrogen-bond acceptors (Lipinski definition) is 1. The zero-order valence-electron chi connectivity index (χ0n) is 13.0. The van der Waals surface area contributed by atoms with Gasteiger partial charge in [-0.15, -0.1) is 0 Å². The lowest BCUT2D eigenvalue weighted by Crippen LogP contribution is -2.33. The highest BCUT2D eigenvalue weighted by Gasteiger charge is 2.31. The third-order valence-corrected chi connectivity index (χ3v) is 5.31. The summed E-state index contributed by atoms with van der Waals surface area (Å²) in [6, 6.07) is 8.76. The van der Waals surface area contributed by atoms with Crippen molar-refractivity contribution in [2.45, 2.75) is 52.5 Å². The van der Waals surface area contributed by atoms with Crippen molar-refractivity contribution in [3.05, 3.63) is 34.9 Å². The minimum absolute atomic E-state index is 0.415. The number of benzene rings is 1. The summed E-state index contributed by atoms with van der Waals surface area (Å²) < 4.78 is 0. The summed E-state index contributed by atoms with van der Waals surface area (Å²) >= 11 is 6.44. The first-order valence-electron chi connectivity index (χ1n) is 8.11. The zero-order chi connectivity index (χ0) is 14.5. The van der Waals surface area contributed by atoms with Gasteiger partial charge < -0.3 is 5.32 Å². The van der Waals surface area contributed by atoms with Gasteiger partial charge in [0.05, 0.1) is 0 Å². The Balaban J connectivity index is 2.17. The van der Waals surface area contributed by atoms with Gasteiger partial charge >= 0.3 is 0 Å². The lowest BCUT2D eigenvalue weighted by atomic mass is 9.72. The van der Waals surface area contributed by atoms with E-state index < -0.39 is 0 Å². The maximum absolute atomic E-state index is 6.44. The van der Waals surface area contributed by atoms with E-state index in [1.807, 2.05) is 12.1 Å². The molecular formula is C18H28ClN. The molecule has 4 atom stereocenters. The average molecular weight is 294 g/mol. The van der Waals surface area contributed by atoms with Crippen LogP contribution in [0.3, 0.4) is 0 Å². The Labute approximate surface area is 129 Å². The molecule has 1 aliphatic rings. The van der Waals surface area contributed by atoms with Crippen molar-refractivity contribution in [1.29, 1.82) is 0 Å². The van der Waals surface area contributed by atoms with Gasteiger partial charge in [0.25, 0.3) is 0 Å². The Morgan fingerprint density at radius 1 is 1.20 bits per heavy atom. The van der Waals surface area contributed by atoms with E-state index in [0.29, 0.717) is 12.0 Å². The molecule has 1 aromatic rings. The van der Waals surface area contributed by atoms with Crippen molar-refractivity contribution in [2.24, 2.45) is 17.8 Å². The second-order valence-electron chi connectivity index (χ2n) is 6.48. The summed E-state index contributed by atoms with van der Waals surface area (Å²) in [5.74, 6) is 2.40. The van der Waals surface area contributed by atoms with Gasteiger partial charge in [0.2, 0.25) is 0 Å². The maximum Gasteiger partial charge on any atom is 0.0453 e. The first-order chi connectivity index (χ1) is 9.63. The summed E-state index contributed by atoms with van der Waals surface area (Å²) in [7, 11) is 0. The smallest absolute Gasteiger partial charge is 0.0453 e. The van der Waals surface area contributed by atoms with E-state index in [1.165, 1.54) is 31.2 Å². The molecule has 1 aliphatic carbocycles. The SMILES string of the molecule is CCCNC(c1ccccc1Cl)C1CCC(C)C(C)C1. The van der Waals surface area contributed by atoms with E-state index in [2.05, 4.69) is 38.2 Å². The molecule has 2 heteroatoms. The third kappa shape index (κ3) is 3.77. The third-order valence-electron chi connectivity index (χ3n) is 4.96. The van der Waals surface area contributed by atoms with Crippen LogP contribution in [-0.4, -0.2) is 6.54 Å². The van der Waals surface area contributed by atoms with Crippen molar-refractivity contribution in [2.75, 3.05) is 6.54 Å². The molecule has 2 rings (SSSR count). The first kappa shape index (κ1) is 15.9. The molecule has 1 nitrogen and oxygen atoms in total. The first-order valence-corrected chi connectivity index (χ1v) is 8.49. The molecule has 1 aromatic carbocycles. The van der Waals surface area contributed by atoms with Gasteiger partial charge in [-0.1, -0.05) is 57.0 Å². The molecule has 0 radical (unpaired) electrons. The highest BCUT2D eigenvalue weighted by molar-refractivity contribution is 6.31. The van der Waals surface area contributed by atoms with Crippen LogP contribution < -0.4 is 5.32 Å². The van der Waals surface area contributed by atoms with Crippen LogP contribution in [0, 0.1) is 17.8 Å². The van der Waals surface area contributed by atoms with E-state index >= 15 is 0 Å². The highest BCUT2D eigenvalue weighted by Crippen LogP contribution is 2.41. The van der Waals surface area contributed by atoms with Gasteiger partial charge in [0.1, 0.15) is 0 Å². The second-order valence-corrected chi connectivity index (χ2v) is 6.89. The molecule has 0 amide bonds. The van der Waals surface area contributed by atoms with E-state index in [9.17, 15) is 0 Å². The Hall–Kier alpha value is -0.530. The Kier molecular flexibility index (Phi) is 5.92. The van der Waals surface area contributed by atoms with Crippen LogP contribution >= 0.6 is 11.6 Å². The van der Waals surface area contributed by atoms with Crippen LogP contribution in [0.1, 0.15) is 58.1 Å². The summed E-state index contributed by atoms with van der Waals surface area (Å²) in [6.07, 6.45) is 5.14. The van der Waals surface area contributed by atoms with E-state index in [0.717, 1.165) is 23.4 Å². The number of halogens is 1.